The average Bonchev–Trinajstić information content (AvgIpc) is 3.36. The fraction of sp³-hybridized carbons (Fsp3) is 0.235. The van der Waals surface area contributed by atoms with E-state index in [1.807, 2.05) is 29.1 Å². The van der Waals surface area contributed by atoms with Crippen molar-refractivity contribution in [2.45, 2.75) is 17.4 Å². The average molecular weight is 375 g/mol. The van der Waals surface area contributed by atoms with Gasteiger partial charge in [-0.05, 0) is 52.2 Å². The molecule has 0 saturated heterocycles. The zero-order valence-electron chi connectivity index (χ0n) is 13.3. The molecule has 0 radical (unpaired) electrons. The first-order valence-electron chi connectivity index (χ1n) is 7.90. The third kappa shape index (κ3) is 3.33. The smallest absolute Gasteiger partial charge is 0.240 e. The van der Waals surface area contributed by atoms with E-state index in [4.69, 9.17) is 4.74 Å². The highest BCUT2D eigenvalue weighted by Gasteiger charge is 2.22. The van der Waals surface area contributed by atoms with Crippen molar-refractivity contribution in [3.63, 3.8) is 0 Å². The van der Waals surface area contributed by atoms with E-state index in [0.29, 0.717) is 6.61 Å². The summed E-state index contributed by atoms with van der Waals surface area (Å²) in [5.41, 5.74) is 1.96. The number of nitrogens with one attached hydrogen (secondary N) is 1. The van der Waals surface area contributed by atoms with Crippen molar-refractivity contribution in [3.8, 4) is 5.75 Å². The molecule has 0 amide bonds. The maximum Gasteiger partial charge on any atom is 0.240 e. The Bertz CT molecular complexity index is 917. The quantitative estimate of drug-likeness (QED) is 0.718. The van der Waals surface area contributed by atoms with Crippen molar-refractivity contribution in [2.24, 2.45) is 0 Å². The Morgan fingerprint density at radius 2 is 2.28 bits per heavy atom. The number of nitrogens with zero attached hydrogens (tertiary/aromatic N) is 2. The van der Waals surface area contributed by atoms with Crippen LogP contribution in [0.1, 0.15) is 17.2 Å². The molecule has 0 unspecified atom stereocenters. The summed E-state index contributed by atoms with van der Waals surface area (Å²) in [7, 11) is -3.60. The lowest BCUT2D eigenvalue weighted by Gasteiger charge is -2.17. The number of ether oxygens (including phenoxy) is 1. The maximum absolute atomic E-state index is 12.7. The number of fused-ring (bicyclic) bond motifs is 1. The minimum atomic E-state index is -3.60. The van der Waals surface area contributed by atoms with Crippen LogP contribution in [0.2, 0.25) is 0 Å². The first-order chi connectivity index (χ1) is 12.1. The van der Waals surface area contributed by atoms with Crippen LogP contribution >= 0.6 is 11.3 Å². The van der Waals surface area contributed by atoms with Gasteiger partial charge in [0.05, 0.1) is 17.5 Å². The molecular formula is C17H17N3O3S2. The van der Waals surface area contributed by atoms with Gasteiger partial charge in [-0.1, -0.05) is 0 Å². The molecule has 25 heavy (non-hydrogen) atoms. The lowest BCUT2D eigenvalue weighted by atomic mass is 10.1. The van der Waals surface area contributed by atoms with E-state index >= 15 is 0 Å². The van der Waals surface area contributed by atoms with Crippen LogP contribution in [0.4, 0.5) is 0 Å². The second-order valence-corrected chi connectivity index (χ2v) is 8.33. The summed E-state index contributed by atoms with van der Waals surface area (Å²) in [6.45, 7) is 0.833. The second kappa shape index (κ2) is 6.62. The Kier molecular flexibility index (Phi) is 4.32. The lowest BCUT2D eigenvalue weighted by molar-refractivity contribution is 0.356. The predicted octanol–water partition coefficient (Wildman–Crippen LogP) is 2.45. The highest BCUT2D eigenvalue weighted by atomic mass is 32.2. The van der Waals surface area contributed by atoms with Crippen molar-refractivity contribution in [1.29, 1.82) is 0 Å². The van der Waals surface area contributed by atoms with Gasteiger partial charge in [-0.25, -0.2) is 13.1 Å². The third-order valence-corrected chi connectivity index (χ3v) is 6.33. The molecule has 2 aromatic heterocycles. The minimum Gasteiger partial charge on any atom is -0.493 e. The summed E-state index contributed by atoms with van der Waals surface area (Å²) in [6, 6.07) is 8.62. The van der Waals surface area contributed by atoms with Gasteiger partial charge in [0.1, 0.15) is 5.75 Å². The summed E-state index contributed by atoms with van der Waals surface area (Å²) in [4.78, 5) is 0.265. The predicted molar refractivity (Wildman–Crippen MR) is 95.5 cm³/mol. The lowest BCUT2D eigenvalue weighted by Crippen LogP contribution is -2.31. The molecule has 0 aliphatic carbocycles. The highest BCUT2D eigenvalue weighted by molar-refractivity contribution is 7.89. The van der Waals surface area contributed by atoms with Crippen LogP contribution in [0.5, 0.6) is 5.75 Å². The molecule has 0 fully saturated rings. The van der Waals surface area contributed by atoms with Crippen molar-refractivity contribution in [2.75, 3.05) is 13.2 Å². The molecule has 1 aliphatic heterocycles. The van der Waals surface area contributed by atoms with Crippen LogP contribution in [-0.2, 0) is 16.4 Å². The zero-order valence-corrected chi connectivity index (χ0v) is 15.0. The summed E-state index contributed by atoms with van der Waals surface area (Å²) in [5.74, 6) is 0.770. The van der Waals surface area contributed by atoms with Gasteiger partial charge >= 0.3 is 0 Å². The summed E-state index contributed by atoms with van der Waals surface area (Å²) in [5, 5.41) is 8.24. The summed E-state index contributed by atoms with van der Waals surface area (Å²) >= 11 is 1.58. The first kappa shape index (κ1) is 16.3. The molecule has 3 aromatic rings. The van der Waals surface area contributed by atoms with Crippen LogP contribution in [-0.4, -0.2) is 31.3 Å². The van der Waals surface area contributed by atoms with Gasteiger partial charge in [0, 0.05) is 25.4 Å². The molecule has 0 bridgehead atoms. The molecule has 6 nitrogen and oxygen atoms in total. The highest BCUT2D eigenvalue weighted by Crippen LogP contribution is 2.28. The van der Waals surface area contributed by atoms with E-state index < -0.39 is 10.0 Å². The van der Waals surface area contributed by atoms with E-state index in [1.54, 1.807) is 40.4 Å². The molecule has 0 spiro atoms. The number of hydrogen-bond acceptors (Lipinski definition) is 5. The Balaban J connectivity index is 1.56. The Morgan fingerprint density at radius 3 is 3.04 bits per heavy atom. The van der Waals surface area contributed by atoms with E-state index in [-0.39, 0.29) is 17.5 Å². The van der Waals surface area contributed by atoms with Gasteiger partial charge in [0.15, 0.2) is 0 Å². The number of aromatic nitrogens is 2. The number of thiophene rings is 1. The molecular weight excluding hydrogens is 358 g/mol. The van der Waals surface area contributed by atoms with Gasteiger partial charge in [0.2, 0.25) is 10.0 Å². The summed E-state index contributed by atoms with van der Waals surface area (Å²) < 4.78 is 35.3. The molecule has 0 saturated carbocycles. The van der Waals surface area contributed by atoms with E-state index in [0.717, 1.165) is 23.3 Å². The minimum absolute atomic E-state index is 0.186. The second-order valence-electron chi connectivity index (χ2n) is 5.78. The molecule has 130 valence electrons. The number of hydrogen-bond donors (Lipinski definition) is 1. The van der Waals surface area contributed by atoms with Crippen molar-refractivity contribution >= 4 is 21.4 Å². The fourth-order valence-electron chi connectivity index (χ4n) is 2.90. The van der Waals surface area contributed by atoms with Gasteiger partial charge in [-0.3, -0.25) is 4.68 Å². The van der Waals surface area contributed by atoms with Crippen molar-refractivity contribution in [1.82, 2.24) is 14.5 Å². The monoisotopic (exact) mass is 375 g/mol. The van der Waals surface area contributed by atoms with Crippen LogP contribution < -0.4 is 9.46 Å². The van der Waals surface area contributed by atoms with Crippen LogP contribution in [0, 0.1) is 0 Å². The molecule has 1 aromatic carbocycles. The topological polar surface area (TPSA) is 73.2 Å². The van der Waals surface area contributed by atoms with Gasteiger partial charge in [-0.2, -0.15) is 16.4 Å². The number of rotatable bonds is 6. The largest absolute Gasteiger partial charge is 0.493 e. The molecule has 8 heteroatoms. The van der Waals surface area contributed by atoms with Crippen LogP contribution in [0.15, 0.2) is 58.4 Å². The molecule has 3 heterocycles. The Labute approximate surface area is 150 Å². The number of benzene rings is 1. The van der Waals surface area contributed by atoms with E-state index in [1.165, 1.54) is 0 Å². The molecule has 1 atom stereocenters. The normalized spacial score (nSPS) is 14.9. The Morgan fingerprint density at radius 1 is 1.36 bits per heavy atom. The maximum atomic E-state index is 12.7. The summed E-state index contributed by atoms with van der Waals surface area (Å²) in [6.07, 6.45) is 4.27. The number of sulfonamides is 1. The molecule has 1 N–H and O–H groups in total. The van der Waals surface area contributed by atoms with Gasteiger partial charge < -0.3 is 4.74 Å². The fourth-order valence-corrected chi connectivity index (χ4v) is 4.69. The van der Waals surface area contributed by atoms with E-state index in [9.17, 15) is 8.42 Å². The third-order valence-electron chi connectivity index (χ3n) is 4.21. The van der Waals surface area contributed by atoms with E-state index in [2.05, 4.69) is 9.82 Å². The van der Waals surface area contributed by atoms with Crippen LogP contribution in [0.25, 0.3) is 0 Å². The SMILES string of the molecule is O=S(=O)(NC[C@@H](c1ccsc1)n1cccn1)c1ccc2c(c1)CCO2. The first-order valence-corrected chi connectivity index (χ1v) is 10.3. The van der Waals surface area contributed by atoms with Crippen LogP contribution in [0.3, 0.4) is 0 Å². The molecule has 4 rings (SSSR count). The Hall–Kier alpha value is -2.16. The zero-order chi connectivity index (χ0) is 17.3. The van der Waals surface area contributed by atoms with Gasteiger partial charge in [-0.15, -0.1) is 0 Å². The van der Waals surface area contributed by atoms with Crippen molar-refractivity contribution < 1.29 is 13.2 Å². The molecule has 1 aliphatic rings. The van der Waals surface area contributed by atoms with Gasteiger partial charge in [0.25, 0.3) is 0 Å². The standard InChI is InChI=1S/C17H17N3O3S2/c21-25(22,15-2-3-17-13(10-15)4-8-23-17)19-11-16(14-5-9-24-12-14)20-7-1-6-18-20/h1-3,5-7,9-10,12,16,19H,4,8,11H2/t16-/m0/s1. The van der Waals surface area contributed by atoms with Crippen molar-refractivity contribution in [3.05, 3.63) is 64.6 Å².